The quantitative estimate of drug-likeness (QED) is 0.268. The van der Waals surface area contributed by atoms with E-state index in [1.54, 1.807) is 45.0 Å². The van der Waals surface area contributed by atoms with Crippen LogP contribution in [0, 0.1) is 0 Å². The lowest BCUT2D eigenvalue weighted by Gasteiger charge is -2.20. The molecule has 9 heteroatoms. The minimum absolute atomic E-state index is 0.0610. The van der Waals surface area contributed by atoms with E-state index in [4.69, 9.17) is 15.7 Å². The SMILES string of the molecule is CC(C)(C)NS(=O)(=O)Nc1ccc(OC/C(N)=N/O)cc1. The molecule has 0 spiro atoms. The molecule has 0 bridgehead atoms. The third-order valence-electron chi connectivity index (χ3n) is 2.06. The highest BCUT2D eigenvalue weighted by Crippen LogP contribution is 2.17. The molecule has 1 aromatic rings. The van der Waals surface area contributed by atoms with E-state index in [2.05, 4.69) is 14.6 Å². The van der Waals surface area contributed by atoms with E-state index in [9.17, 15) is 8.42 Å². The predicted molar refractivity (Wildman–Crippen MR) is 80.8 cm³/mol. The maximum Gasteiger partial charge on any atom is 0.299 e. The van der Waals surface area contributed by atoms with Crippen LogP contribution < -0.4 is 19.9 Å². The average molecular weight is 316 g/mol. The van der Waals surface area contributed by atoms with Gasteiger partial charge in [-0.1, -0.05) is 5.16 Å². The van der Waals surface area contributed by atoms with E-state index in [0.29, 0.717) is 11.4 Å². The maximum absolute atomic E-state index is 11.8. The van der Waals surface area contributed by atoms with E-state index in [0.717, 1.165) is 0 Å². The first kappa shape index (κ1) is 17.1. The van der Waals surface area contributed by atoms with E-state index in [1.807, 2.05) is 0 Å². The van der Waals surface area contributed by atoms with Crippen molar-refractivity contribution in [3.05, 3.63) is 24.3 Å². The van der Waals surface area contributed by atoms with E-state index in [1.165, 1.54) is 0 Å². The minimum Gasteiger partial charge on any atom is -0.486 e. The zero-order valence-corrected chi connectivity index (χ0v) is 12.9. The standard InChI is InChI=1S/C12H20N4O4S/c1-12(2,3)16-21(18,19)15-9-4-6-10(7-5-9)20-8-11(13)14-17/h4-7,15-17H,8H2,1-3H3,(H2,13,14). The highest BCUT2D eigenvalue weighted by Gasteiger charge is 2.19. The summed E-state index contributed by atoms with van der Waals surface area (Å²) in [5.41, 5.74) is 5.09. The number of nitrogens with two attached hydrogens (primary N) is 1. The molecule has 0 heterocycles. The lowest BCUT2D eigenvalue weighted by atomic mass is 10.1. The Kier molecular flexibility index (Phi) is 5.39. The van der Waals surface area contributed by atoms with Crippen LogP contribution in [-0.2, 0) is 10.2 Å². The second-order valence-corrected chi connectivity index (χ2v) is 6.78. The molecule has 0 fully saturated rings. The number of hydrogen-bond acceptors (Lipinski definition) is 5. The molecule has 0 saturated carbocycles. The van der Waals surface area contributed by atoms with Crippen LogP contribution in [-0.4, -0.2) is 31.6 Å². The van der Waals surface area contributed by atoms with Gasteiger partial charge in [-0.2, -0.15) is 13.1 Å². The fourth-order valence-electron chi connectivity index (χ4n) is 1.39. The molecule has 8 nitrogen and oxygen atoms in total. The molecule has 0 aliphatic rings. The number of amidine groups is 1. The fraction of sp³-hybridized carbons (Fsp3) is 0.417. The first-order valence-electron chi connectivity index (χ1n) is 6.12. The number of benzene rings is 1. The summed E-state index contributed by atoms with van der Waals surface area (Å²) < 4.78 is 33.8. The largest absolute Gasteiger partial charge is 0.486 e. The van der Waals surface area contributed by atoms with Crippen molar-refractivity contribution in [1.82, 2.24) is 4.72 Å². The summed E-state index contributed by atoms with van der Waals surface area (Å²) >= 11 is 0. The van der Waals surface area contributed by atoms with Crippen molar-refractivity contribution in [1.29, 1.82) is 0 Å². The van der Waals surface area contributed by atoms with Gasteiger partial charge in [0.2, 0.25) is 0 Å². The number of hydrogen-bond donors (Lipinski definition) is 4. The Morgan fingerprint density at radius 1 is 1.33 bits per heavy atom. The van der Waals surface area contributed by atoms with Gasteiger partial charge in [0.05, 0.1) is 5.69 Å². The number of rotatable bonds is 6. The van der Waals surface area contributed by atoms with Gasteiger partial charge in [0, 0.05) is 5.54 Å². The Hall–Kier alpha value is -2.00. The van der Waals surface area contributed by atoms with Crippen molar-refractivity contribution in [3.8, 4) is 5.75 Å². The summed E-state index contributed by atoms with van der Waals surface area (Å²) in [6.45, 7) is 5.18. The first-order chi connectivity index (χ1) is 9.61. The van der Waals surface area contributed by atoms with E-state index in [-0.39, 0.29) is 12.4 Å². The molecule has 21 heavy (non-hydrogen) atoms. The topological polar surface area (TPSA) is 126 Å². The molecule has 0 radical (unpaired) electrons. The smallest absolute Gasteiger partial charge is 0.299 e. The summed E-state index contributed by atoms with van der Waals surface area (Å²) in [6.07, 6.45) is 0. The van der Waals surface area contributed by atoms with Crippen LogP contribution in [0.3, 0.4) is 0 Å². The van der Waals surface area contributed by atoms with Crippen LogP contribution in [0.2, 0.25) is 0 Å². The van der Waals surface area contributed by atoms with E-state index >= 15 is 0 Å². The second-order valence-electron chi connectivity index (χ2n) is 5.36. The zero-order valence-electron chi connectivity index (χ0n) is 12.1. The minimum atomic E-state index is -3.65. The van der Waals surface area contributed by atoms with Crippen molar-refractivity contribution < 1.29 is 18.4 Å². The molecule has 1 aromatic carbocycles. The number of nitrogens with zero attached hydrogens (tertiary/aromatic N) is 1. The third kappa shape index (κ3) is 6.82. The predicted octanol–water partition coefficient (Wildman–Crippen LogP) is 0.857. The van der Waals surface area contributed by atoms with Crippen molar-refractivity contribution in [3.63, 3.8) is 0 Å². The molecule has 0 unspecified atom stereocenters. The summed E-state index contributed by atoms with van der Waals surface area (Å²) in [5.74, 6) is 0.405. The van der Waals surface area contributed by atoms with Gasteiger partial charge in [0.25, 0.3) is 10.2 Å². The van der Waals surface area contributed by atoms with Crippen LogP contribution in [0.15, 0.2) is 29.4 Å². The lowest BCUT2D eigenvalue weighted by Crippen LogP contribution is -2.43. The van der Waals surface area contributed by atoms with Crippen LogP contribution in [0.25, 0.3) is 0 Å². The van der Waals surface area contributed by atoms with Gasteiger partial charge in [-0.15, -0.1) is 0 Å². The summed E-state index contributed by atoms with van der Waals surface area (Å²) in [4.78, 5) is 0. The molecular weight excluding hydrogens is 296 g/mol. The van der Waals surface area contributed by atoms with Gasteiger partial charge in [0.1, 0.15) is 12.4 Å². The Labute approximate surface area is 124 Å². The van der Waals surface area contributed by atoms with Crippen LogP contribution in [0.5, 0.6) is 5.75 Å². The average Bonchev–Trinajstić information content (AvgIpc) is 2.34. The summed E-state index contributed by atoms with van der Waals surface area (Å²) in [6, 6.07) is 6.23. The zero-order chi connectivity index (χ0) is 16.1. The van der Waals surface area contributed by atoms with Gasteiger partial charge in [-0.05, 0) is 45.0 Å². The third-order valence-corrected chi connectivity index (χ3v) is 3.45. The number of oxime groups is 1. The summed E-state index contributed by atoms with van der Waals surface area (Å²) in [5, 5.41) is 11.1. The molecule has 0 aromatic heterocycles. The van der Waals surface area contributed by atoms with Gasteiger partial charge in [-0.3, -0.25) is 4.72 Å². The van der Waals surface area contributed by atoms with Crippen LogP contribution in [0.1, 0.15) is 20.8 Å². The number of anilines is 1. The van der Waals surface area contributed by atoms with Crippen molar-refractivity contribution in [2.24, 2.45) is 10.9 Å². The number of nitrogens with one attached hydrogen (secondary N) is 2. The molecule has 0 aliphatic carbocycles. The molecule has 0 saturated heterocycles. The van der Waals surface area contributed by atoms with Crippen molar-refractivity contribution >= 4 is 21.7 Å². The van der Waals surface area contributed by atoms with E-state index < -0.39 is 15.7 Å². The molecular formula is C12H20N4O4S. The highest BCUT2D eigenvalue weighted by atomic mass is 32.2. The molecule has 118 valence electrons. The van der Waals surface area contributed by atoms with Crippen LogP contribution >= 0.6 is 0 Å². The molecule has 0 amide bonds. The van der Waals surface area contributed by atoms with Gasteiger partial charge in [0.15, 0.2) is 5.84 Å². The van der Waals surface area contributed by atoms with Crippen molar-refractivity contribution in [2.75, 3.05) is 11.3 Å². The molecule has 5 N–H and O–H groups in total. The van der Waals surface area contributed by atoms with Crippen LogP contribution in [0.4, 0.5) is 5.69 Å². The number of ether oxygens (including phenoxy) is 1. The normalized spacial score (nSPS) is 13.0. The highest BCUT2D eigenvalue weighted by molar-refractivity contribution is 7.90. The fourth-order valence-corrected chi connectivity index (χ4v) is 2.69. The Morgan fingerprint density at radius 2 is 1.90 bits per heavy atom. The second kappa shape index (κ2) is 6.64. The van der Waals surface area contributed by atoms with Gasteiger partial charge in [-0.25, -0.2) is 0 Å². The van der Waals surface area contributed by atoms with Crippen molar-refractivity contribution in [2.45, 2.75) is 26.3 Å². The van der Waals surface area contributed by atoms with Gasteiger partial charge >= 0.3 is 0 Å². The maximum atomic E-state index is 11.8. The molecule has 0 aliphatic heterocycles. The Balaban J connectivity index is 2.66. The summed E-state index contributed by atoms with van der Waals surface area (Å²) in [7, 11) is -3.65. The monoisotopic (exact) mass is 316 g/mol. The molecule has 1 rings (SSSR count). The lowest BCUT2D eigenvalue weighted by molar-refractivity contribution is 0.306. The Morgan fingerprint density at radius 3 is 2.38 bits per heavy atom. The van der Waals surface area contributed by atoms with Gasteiger partial charge < -0.3 is 15.7 Å². The Bertz CT molecular complexity index is 591. The molecule has 0 atom stereocenters. The first-order valence-corrected chi connectivity index (χ1v) is 7.60.